The number of hydrogen-bond acceptors (Lipinski definition) is 2. The van der Waals surface area contributed by atoms with E-state index >= 15 is 0 Å². The average molecular weight is 232 g/mol. The van der Waals surface area contributed by atoms with Crippen LogP contribution >= 0.6 is 0 Å². The molecule has 0 saturated carbocycles. The Hall–Kier alpha value is -1.49. The van der Waals surface area contributed by atoms with Crippen LogP contribution in [0.4, 0.5) is 13.2 Å². The van der Waals surface area contributed by atoms with Crippen molar-refractivity contribution in [3.8, 4) is 5.75 Å². The molecule has 0 aliphatic heterocycles. The summed E-state index contributed by atoms with van der Waals surface area (Å²) < 4.78 is 42.7. The Morgan fingerprint density at radius 3 is 2.50 bits per heavy atom. The first kappa shape index (κ1) is 12.6. The van der Waals surface area contributed by atoms with Gasteiger partial charge in [-0.2, -0.15) is 13.2 Å². The third-order valence-electron chi connectivity index (χ3n) is 2.11. The van der Waals surface area contributed by atoms with Crippen LogP contribution in [-0.2, 0) is 6.18 Å². The summed E-state index contributed by atoms with van der Waals surface area (Å²) in [5, 5.41) is 9.38. The van der Waals surface area contributed by atoms with Crippen molar-refractivity contribution in [1.29, 1.82) is 0 Å². The van der Waals surface area contributed by atoms with Gasteiger partial charge < -0.3 is 9.84 Å². The van der Waals surface area contributed by atoms with Crippen LogP contribution in [0.25, 0.3) is 0 Å². The summed E-state index contributed by atoms with van der Waals surface area (Å²) in [4.78, 5) is 0. The summed E-state index contributed by atoms with van der Waals surface area (Å²) >= 11 is 0. The summed E-state index contributed by atoms with van der Waals surface area (Å²) in [7, 11) is 1.28. The Morgan fingerprint density at radius 2 is 2.06 bits per heavy atom. The van der Waals surface area contributed by atoms with Crippen LogP contribution < -0.4 is 4.74 Å². The van der Waals surface area contributed by atoms with E-state index in [0.29, 0.717) is 0 Å². The van der Waals surface area contributed by atoms with E-state index < -0.39 is 17.8 Å². The molecule has 0 fully saturated rings. The molecule has 0 aliphatic rings. The molecule has 0 heterocycles. The molecule has 2 nitrogen and oxygen atoms in total. The summed E-state index contributed by atoms with van der Waals surface area (Å²) in [5.74, 6) is 0.0901. The third-order valence-corrected chi connectivity index (χ3v) is 2.11. The van der Waals surface area contributed by atoms with Crippen LogP contribution in [0, 0.1) is 0 Å². The fraction of sp³-hybridized carbons (Fsp3) is 0.273. The Morgan fingerprint density at radius 1 is 1.44 bits per heavy atom. The highest BCUT2D eigenvalue weighted by molar-refractivity contribution is 5.39. The van der Waals surface area contributed by atoms with E-state index in [9.17, 15) is 18.3 Å². The first-order valence-electron chi connectivity index (χ1n) is 4.46. The largest absolute Gasteiger partial charge is 0.497 e. The number of hydrogen-bond donors (Lipinski definition) is 1. The van der Waals surface area contributed by atoms with Gasteiger partial charge in [0.15, 0.2) is 0 Å². The van der Waals surface area contributed by atoms with Crippen molar-refractivity contribution in [1.82, 2.24) is 0 Å². The number of methoxy groups -OCH3 is 1. The molecule has 1 N–H and O–H groups in total. The molecule has 5 heteroatoms. The summed E-state index contributed by atoms with van der Waals surface area (Å²) in [6.07, 6.45) is -4.84. The van der Waals surface area contributed by atoms with Crippen molar-refractivity contribution in [2.24, 2.45) is 0 Å². The molecule has 0 aliphatic carbocycles. The van der Waals surface area contributed by atoms with Gasteiger partial charge in [-0.25, -0.2) is 0 Å². The predicted molar refractivity (Wildman–Crippen MR) is 53.2 cm³/mol. The number of aliphatic hydroxyl groups is 1. The van der Waals surface area contributed by atoms with E-state index in [4.69, 9.17) is 4.74 Å². The maximum Gasteiger partial charge on any atom is 0.416 e. The first-order chi connectivity index (χ1) is 7.40. The van der Waals surface area contributed by atoms with Gasteiger partial charge >= 0.3 is 6.18 Å². The van der Waals surface area contributed by atoms with E-state index in [0.717, 1.165) is 12.1 Å². The molecule has 0 amide bonds. The van der Waals surface area contributed by atoms with Gasteiger partial charge in [-0.3, -0.25) is 0 Å². The van der Waals surface area contributed by atoms with Crippen molar-refractivity contribution < 1.29 is 23.0 Å². The minimum Gasteiger partial charge on any atom is -0.497 e. The van der Waals surface area contributed by atoms with E-state index in [2.05, 4.69) is 6.58 Å². The fourth-order valence-corrected chi connectivity index (χ4v) is 1.29. The Bertz CT molecular complexity index is 385. The average Bonchev–Trinajstić information content (AvgIpc) is 2.26. The van der Waals surface area contributed by atoms with Gasteiger partial charge in [-0.15, -0.1) is 6.58 Å². The highest BCUT2D eigenvalue weighted by Gasteiger charge is 2.35. The Balaban J connectivity index is 3.33. The lowest BCUT2D eigenvalue weighted by Crippen LogP contribution is -2.11. The number of ether oxygens (including phenoxy) is 1. The number of halogens is 3. The molecular formula is C11H11F3O2. The van der Waals surface area contributed by atoms with Crippen LogP contribution in [0.5, 0.6) is 5.75 Å². The highest BCUT2D eigenvalue weighted by atomic mass is 19.4. The minimum atomic E-state index is -4.53. The maximum atomic E-state index is 12.7. The van der Waals surface area contributed by atoms with Crippen LogP contribution in [0.3, 0.4) is 0 Å². The molecule has 88 valence electrons. The van der Waals surface area contributed by atoms with Crippen molar-refractivity contribution in [2.45, 2.75) is 12.3 Å². The monoisotopic (exact) mass is 232 g/mol. The van der Waals surface area contributed by atoms with Crippen LogP contribution in [0.1, 0.15) is 17.2 Å². The van der Waals surface area contributed by atoms with Crippen LogP contribution in [0.2, 0.25) is 0 Å². The molecule has 1 aromatic rings. The van der Waals surface area contributed by atoms with Crippen LogP contribution in [-0.4, -0.2) is 12.2 Å². The number of rotatable bonds is 3. The van der Waals surface area contributed by atoms with Gasteiger partial charge in [0.2, 0.25) is 0 Å². The molecular weight excluding hydrogens is 221 g/mol. The lowest BCUT2D eigenvalue weighted by Gasteiger charge is -2.16. The Labute approximate surface area is 91.0 Å². The summed E-state index contributed by atoms with van der Waals surface area (Å²) in [5.41, 5.74) is -1.15. The number of alkyl halides is 3. The highest BCUT2D eigenvalue weighted by Crippen LogP contribution is 2.36. The van der Waals surface area contributed by atoms with E-state index in [1.54, 1.807) is 0 Å². The fourth-order valence-electron chi connectivity index (χ4n) is 1.29. The lowest BCUT2D eigenvalue weighted by molar-refractivity contribution is -0.139. The van der Waals surface area contributed by atoms with E-state index in [1.165, 1.54) is 19.2 Å². The normalized spacial score (nSPS) is 13.3. The number of benzene rings is 1. The zero-order valence-corrected chi connectivity index (χ0v) is 8.58. The molecule has 0 aromatic heterocycles. The first-order valence-corrected chi connectivity index (χ1v) is 4.46. The predicted octanol–water partition coefficient (Wildman–Crippen LogP) is 2.93. The van der Waals surface area contributed by atoms with Gasteiger partial charge in [-0.05, 0) is 17.7 Å². The molecule has 0 saturated heterocycles. The second kappa shape index (κ2) is 4.57. The van der Waals surface area contributed by atoms with Crippen molar-refractivity contribution in [2.75, 3.05) is 7.11 Å². The van der Waals surface area contributed by atoms with Gasteiger partial charge in [-0.1, -0.05) is 12.1 Å². The maximum absolute atomic E-state index is 12.7. The van der Waals surface area contributed by atoms with E-state index in [-0.39, 0.29) is 11.3 Å². The molecule has 16 heavy (non-hydrogen) atoms. The molecule has 0 bridgehead atoms. The third kappa shape index (κ3) is 2.55. The van der Waals surface area contributed by atoms with Gasteiger partial charge in [0.25, 0.3) is 0 Å². The number of aliphatic hydroxyl groups excluding tert-OH is 1. The summed E-state index contributed by atoms with van der Waals surface area (Å²) in [6.45, 7) is 3.25. The van der Waals surface area contributed by atoms with Gasteiger partial charge in [0.1, 0.15) is 5.75 Å². The SMILES string of the molecule is C=C[C@@H](O)c1ccc(OC)cc1C(F)(F)F. The molecule has 1 rings (SSSR count). The van der Waals surface area contributed by atoms with Crippen molar-refractivity contribution >= 4 is 0 Å². The van der Waals surface area contributed by atoms with Crippen LogP contribution in [0.15, 0.2) is 30.9 Å². The second-order valence-corrected chi connectivity index (χ2v) is 3.13. The van der Waals surface area contributed by atoms with Crippen molar-refractivity contribution in [3.05, 3.63) is 42.0 Å². The smallest absolute Gasteiger partial charge is 0.416 e. The zero-order chi connectivity index (χ0) is 12.3. The molecule has 0 unspecified atom stereocenters. The lowest BCUT2D eigenvalue weighted by atomic mass is 10.0. The topological polar surface area (TPSA) is 29.5 Å². The van der Waals surface area contributed by atoms with Gasteiger partial charge in [0, 0.05) is 0 Å². The minimum absolute atomic E-state index is 0.0901. The van der Waals surface area contributed by atoms with Gasteiger partial charge in [0.05, 0.1) is 18.8 Å². The molecule has 0 spiro atoms. The van der Waals surface area contributed by atoms with E-state index in [1.807, 2.05) is 0 Å². The Kier molecular flexibility index (Phi) is 3.59. The molecule has 0 radical (unpaired) electrons. The second-order valence-electron chi connectivity index (χ2n) is 3.13. The standard InChI is InChI=1S/C11H11F3O2/c1-3-10(15)8-5-4-7(16-2)6-9(8)11(12,13)14/h3-6,10,15H,1H2,2H3/t10-/m1/s1. The molecule has 1 atom stereocenters. The molecule has 1 aromatic carbocycles. The van der Waals surface area contributed by atoms with Crippen molar-refractivity contribution in [3.63, 3.8) is 0 Å². The zero-order valence-electron chi connectivity index (χ0n) is 8.58. The quantitative estimate of drug-likeness (QED) is 0.812. The summed E-state index contributed by atoms with van der Waals surface area (Å²) in [6, 6.07) is 3.38.